The van der Waals surface area contributed by atoms with E-state index in [1.54, 1.807) is 24.3 Å². The number of hydrogen-bond acceptors (Lipinski definition) is 4. The molecule has 0 fully saturated rings. The van der Waals surface area contributed by atoms with Crippen molar-refractivity contribution in [3.05, 3.63) is 52.9 Å². The lowest BCUT2D eigenvalue weighted by atomic mass is 10.1. The molecule has 18 heavy (non-hydrogen) atoms. The molecule has 0 aliphatic rings. The van der Waals surface area contributed by atoms with Crippen LogP contribution in [0.15, 0.2) is 47.3 Å². The lowest BCUT2D eigenvalue weighted by molar-refractivity contribution is -0.124. The normalized spacial score (nSPS) is 11.9. The summed E-state index contributed by atoms with van der Waals surface area (Å²) < 4.78 is 0.573. The summed E-state index contributed by atoms with van der Waals surface area (Å²) in [6, 6.07) is 8.68. The van der Waals surface area contributed by atoms with E-state index in [0.717, 1.165) is 0 Å². The van der Waals surface area contributed by atoms with Crippen molar-refractivity contribution in [2.24, 2.45) is 0 Å². The van der Waals surface area contributed by atoms with Crippen LogP contribution in [0.4, 0.5) is 5.82 Å². The highest BCUT2D eigenvalue weighted by Crippen LogP contribution is 2.14. The molecule has 0 aliphatic carbocycles. The summed E-state index contributed by atoms with van der Waals surface area (Å²) in [6.45, 7) is 0. The summed E-state index contributed by atoms with van der Waals surface area (Å²) in [7, 11) is 0. The number of anilines is 1. The fourth-order valence-corrected chi connectivity index (χ4v) is 1.56. The molecule has 1 aromatic heterocycles. The molecule has 1 unspecified atom stereocenters. The minimum Gasteiger partial charge on any atom is -0.378 e. The molecule has 1 aromatic carbocycles. The molecule has 2 rings (SSSR count). The number of aliphatic hydroxyl groups is 1. The Morgan fingerprint density at radius 3 is 2.56 bits per heavy atom. The Morgan fingerprint density at radius 1 is 1.22 bits per heavy atom. The number of hydrogen-bond donors (Lipinski definition) is 2. The molecule has 92 valence electrons. The van der Waals surface area contributed by atoms with Gasteiger partial charge < -0.3 is 10.4 Å². The summed E-state index contributed by atoms with van der Waals surface area (Å²) in [5.41, 5.74) is 0.528. The number of benzene rings is 1. The fraction of sp³-hybridized carbons (Fsp3) is 0.0833. The molecule has 2 aromatic rings. The van der Waals surface area contributed by atoms with Crippen LogP contribution >= 0.6 is 15.9 Å². The predicted octanol–water partition coefficient (Wildman–Crippen LogP) is 1.91. The van der Waals surface area contributed by atoms with E-state index in [1.165, 1.54) is 12.4 Å². The number of nitrogens with zero attached hydrogens (tertiary/aromatic N) is 2. The Morgan fingerprint density at radius 2 is 1.94 bits per heavy atom. The molecule has 0 saturated carbocycles. The zero-order valence-electron chi connectivity index (χ0n) is 9.25. The highest BCUT2D eigenvalue weighted by atomic mass is 79.9. The first-order valence-electron chi connectivity index (χ1n) is 5.18. The molecule has 1 amide bonds. The molecule has 2 N–H and O–H groups in total. The zero-order chi connectivity index (χ0) is 13.0. The van der Waals surface area contributed by atoms with E-state index in [9.17, 15) is 9.90 Å². The monoisotopic (exact) mass is 307 g/mol. The third-order valence-corrected chi connectivity index (χ3v) is 2.64. The molecular weight excluding hydrogens is 298 g/mol. The summed E-state index contributed by atoms with van der Waals surface area (Å²) in [5, 5.41) is 12.3. The van der Waals surface area contributed by atoms with Crippen LogP contribution in [0, 0.1) is 0 Å². The largest absolute Gasteiger partial charge is 0.378 e. The van der Waals surface area contributed by atoms with Gasteiger partial charge in [-0.25, -0.2) is 9.97 Å². The Balaban J connectivity index is 2.06. The number of rotatable bonds is 3. The fourth-order valence-electron chi connectivity index (χ4n) is 1.36. The molecule has 0 saturated heterocycles. The smallest absolute Gasteiger partial charge is 0.259 e. The van der Waals surface area contributed by atoms with E-state index >= 15 is 0 Å². The minimum absolute atomic E-state index is 0.290. The van der Waals surface area contributed by atoms with Gasteiger partial charge in [-0.05, 0) is 21.5 Å². The van der Waals surface area contributed by atoms with Crippen LogP contribution in [0.25, 0.3) is 0 Å². The third-order valence-electron chi connectivity index (χ3n) is 2.24. The van der Waals surface area contributed by atoms with E-state index in [-0.39, 0.29) is 5.82 Å². The van der Waals surface area contributed by atoms with Gasteiger partial charge in [0.1, 0.15) is 4.60 Å². The second kappa shape index (κ2) is 5.70. The maximum Gasteiger partial charge on any atom is 0.259 e. The quantitative estimate of drug-likeness (QED) is 0.908. The summed E-state index contributed by atoms with van der Waals surface area (Å²) in [4.78, 5) is 19.6. The van der Waals surface area contributed by atoms with Crippen molar-refractivity contribution in [1.82, 2.24) is 9.97 Å². The highest BCUT2D eigenvalue weighted by Gasteiger charge is 2.17. The average molecular weight is 308 g/mol. The first-order valence-corrected chi connectivity index (χ1v) is 5.97. The second-order valence-corrected chi connectivity index (χ2v) is 4.34. The van der Waals surface area contributed by atoms with Crippen LogP contribution in [0.3, 0.4) is 0 Å². The van der Waals surface area contributed by atoms with Gasteiger partial charge in [0.2, 0.25) is 0 Å². The van der Waals surface area contributed by atoms with Crippen LogP contribution in [0.2, 0.25) is 0 Å². The van der Waals surface area contributed by atoms with Gasteiger partial charge >= 0.3 is 0 Å². The van der Waals surface area contributed by atoms with E-state index in [4.69, 9.17) is 0 Å². The van der Waals surface area contributed by atoms with Crippen molar-refractivity contribution in [2.75, 3.05) is 5.32 Å². The Labute approximate surface area is 112 Å². The van der Waals surface area contributed by atoms with E-state index in [2.05, 4.69) is 31.2 Å². The number of nitrogens with one attached hydrogen (secondary N) is 1. The molecule has 0 radical (unpaired) electrons. The summed E-state index contributed by atoms with van der Waals surface area (Å²) in [5.74, 6) is -0.254. The number of halogens is 1. The van der Waals surface area contributed by atoms with Gasteiger partial charge in [-0.1, -0.05) is 30.3 Å². The summed E-state index contributed by atoms with van der Waals surface area (Å²) >= 11 is 3.14. The van der Waals surface area contributed by atoms with Crippen LogP contribution in [0.5, 0.6) is 0 Å². The Hall–Kier alpha value is -1.79. The van der Waals surface area contributed by atoms with Crippen molar-refractivity contribution >= 4 is 27.7 Å². The molecule has 0 spiro atoms. The molecule has 0 bridgehead atoms. The maximum absolute atomic E-state index is 11.8. The number of amides is 1. The van der Waals surface area contributed by atoms with Gasteiger partial charge in [-0.15, -0.1) is 0 Å². The first-order chi connectivity index (χ1) is 8.66. The van der Waals surface area contributed by atoms with Crippen LogP contribution in [-0.2, 0) is 4.79 Å². The molecule has 1 heterocycles. The molecular formula is C12H10BrN3O2. The summed E-state index contributed by atoms with van der Waals surface area (Å²) in [6.07, 6.45) is 1.64. The van der Waals surface area contributed by atoms with E-state index < -0.39 is 12.0 Å². The van der Waals surface area contributed by atoms with Crippen LogP contribution < -0.4 is 5.32 Å². The lowest BCUT2D eigenvalue weighted by Crippen LogP contribution is -2.21. The number of aromatic nitrogens is 2. The van der Waals surface area contributed by atoms with Crippen LogP contribution in [-0.4, -0.2) is 21.0 Å². The molecule has 0 aliphatic heterocycles. The van der Waals surface area contributed by atoms with Gasteiger partial charge in [-0.3, -0.25) is 4.79 Å². The third kappa shape index (κ3) is 3.12. The second-order valence-electron chi connectivity index (χ2n) is 3.53. The van der Waals surface area contributed by atoms with Crippen molar-refractivity contribution < 1.29 is 9.90 Å². The van der Waals surface area contributed by atoms with Gasteiger partial charge in [0.25, 0.3) is 5.91 Å². The molecule has 5 nitrogen and oxygen atoms in total. The molecule has 1 atom stereocenters. The minimum atomic E-state index is -1.23. The lowest BCUT2D eigenvalue weighted by Gasteiger charge is -2.10. The van der Waals surface area contributed by atoms with Gasteiger partial charge in [0, 0.05) is 0 Å². The van der Waals surface area contributed by atoms with Crippen molar-refractivity contribution in [3.8, 4) is 0 Å². The van der Waals surface area contributed by atoms with Crippen LogP contribution in [0.1, 0.15) is 11.7 Å². The van der Waals surface area contributed by atoms with E-state index in [0.29, 0.717) is 10.2 Å². The zero-order valence-corrected chi connectivity index (χ0v) is 10.8. The maximum atomic E-state index is 11.8. The first kappa shape index (κ1) is 12.7. The number of aliphatic hydroxyl groups excluding tert-OH is 1. The topological polar surface area (TPSA) is 75.1 Å². The van der Waals surface area contributed by atoms with Gasteiger partial charge in [0.05, 0.1) is 12.4 Å². The van der Waals surface area contributed by atoms with Crippen molar-refractivity contribution in [3.63, 3.8) is 0 Å². The Kier molecular flexibility index (Phi) is 4.01. The van der Waals surface area contributed by atoms with Crippen molar-refractivity contribution in [1.29, 1.82) is 0 Å². The van der Waals surface area contributed by atoms with E-state index in [1.807, 2.05) is 6.07 Å². The van der Waals surface area contributed by atoms with Gasteiger partial charge in [-0.2, -0.15) is 0 Å². The Bertz CT molecular complexity index is 531. The van der Waals surface area contributed by atoms with Crippen molar-refractivity contribution in [2.45, 2.75) is 6.10 Å². The predicted molar refractivity (Wildman–Crippen MR) is 69.8 cm³/mol. The number of carbonyl (C=O) groups is 1. The highest BCUT2D eigenvalue weighted by molar-refractivity contribution is 9.10. The van der Waals surface area contributed by atoms with Gasteiger partial charge in [0.15, 0.2) is 11.9 Å². The number of carbonyl (C=O) groups excluding carboxylic acids is 1. The SMILES string of the molecule is O=C(Nc1cnc(Br)cn1)C(O)c1ccccc1. The standard InChI is InChI=1S/C12H10BrN3O2/c13-9-6-15-10(7-14-9)16-12(18)11(17)8-4-2-1-3-5-8/h1-7,11,17H,(H,15,16,18). The average Bonchev–Trinajstić information content (AvgIpc) is 2.41. The molecule has 6 heteroatoms.